The number of pyridine rings is 1. The van der Waals surface area contributed by atoms with Gasteiger partial charge in [0.25, 0.3) is 0 Å². The molecule has 0 aliphatic carbocycles. The van der Waals surface area contributed by atoms with Crippen LogP contribution in [0.5, 0.6) is 0 Å². The number of nitriles is 1. The molecule has 0 saturated carbocycles. The van der Waals surface area contributed by atoms with Gasteiger partial charge in [0.15, 0.2) is 5.65 Å². The molecule has 2 aromatic heterocycles. The minimum absolute atomic E-state index is 0.588. The number of nitrogens with one attached hydrogen (secondary N) is 1. The van der Waals surface area contributed by atoms with Gasteiger partial charge in [0, 0.05) is 5.69 Å². The molecular formula is C24H24N4. The highest BCUT2D eigenvalue weighted by atomic mass is 15.1. The SMILES string of the molecule is Cc1c(CCC(C)C)c(Nc2ccccc2)n2c(nc3ccccc32)c1C#N. The van der Waals surface area contributed by atoms with E-state index in [9.17, 15) is 5.26 Å². The zero-order chi connectivity index (χ0) is 19.7. The first-order chi connectivity index (χ1) is 13.6. The summed E-state index contributed by atoms with van der Waals surface area (Å²) in [6, 6.07) is 20.6. The zero-order valence-electron chi connectivity index (χ0n) is 16.5. The minimum atomic E-state index is 0.588. The van der Waals surface area contributed by atoms with Gasteiger partial charge in [0.2, 0.25) is 0 Å². The van der Waals surface area contributed by atoms with Gasteiger partial charge in [-0.25, -0.2) is 4.98 Å². The standard InChI is InChI=1S/C24H24N4/c1-16(2)13-14-19-17(3)20(15-25)24-27-21-11-7-8-12-22(21)28(24)23(19)26-18-9-5-4-6-10-18/h4-12,16,26H,13-14H2,1-3H3. The molecule has 4 aromatic rings. The van der Waals surface area contributed by atoms with E-state index in [1.165, 1.54) is 5.56 Å². The Bertz CT molecular complexity index is 1180. The lowest BCUT2D eigenvalue weighted by molar-refractivity contribution is 0.585. The number of rotatable bonds is 5. The van der Waals surface area contributed by atoms with Crippen LogP contribution in [-0.4, -0.2) is 9.38 Å². The maximum absolute atomic E-state index is 9.90. The molecule has 0 fully saturated rings. The van der Waals surface area contributed by atoms with Gasteiger partial charge in [-0.2, -0.15) is 5.26 Å². The first-order valence-corrected chi connectivity index (χ1v) is 9.75. The van der Waals surface area contributed by atoms with Crippen molar-refractivity contribution in [1.82, 2.24) is 9.38 Å². The number of hydrogen-bond acceptors (Lipinski definition) is 3. The molecule has 0 bridgehead atoms. The average Bonchev–Trinajstić information content (AvgIpc) is 3.07. The van der Waals surface area contributed by atoms with E-state index in [0.717, 1.165) is 40.9 Å². The number of para-hydroxylation sites is 3. The molecule has 2 aromatic carbocycles. The summed E-state index contributed by atoms with van der Waals surface area (Å²) in [6.07, 6.45) is 1.98. The summed E-state index contributed by atoms with van der Waals surface area (Å²) in [5.74, 6) is 1.59. The monoisotopic (exact) mass is 368 g/mol. The van der Waals surface area contributed by atoms with Crippen molar-refractivity contribution >= 4 is 28.2 Å². The highest BCUT2D eigenvalue weighted by Crippen LogP contribution is 2.33. The first kappa shape index (κ1) is 18.1. The summed E-state index contributed by atoms with van der Waals surface area (Å²) in [6.45, 7) is 6.51. The third-order valence-electron chi connectivity index (χ3n) is 5.24. The van der Waals surface area contributed by atoms with Gasteiger partial charge in [-0.05, 0) is 61.1 Å². The topological polar surface area (TPSA) is 53.1 Å². The Morgan fingerprint density at radius 1 is 1.07 bits per heavy atom. The molecule has 0 radical (unpaired) electrons. The van der Waals surface area contributed by atoms with Crippen LogP contribution >= 0.6 is 0 Å². The number of nitrogens with zero attached hydrogens (tertiary/aromatic N) is 3. The molecule has 28 heavy (non-hydrogen) atoms. The highest BCUT2D eigenvalue weighted by Gasteiger charge is 2.21. The van der Waals surface area contributed by atoms with Gasteiger partial charge >= 0.3 is 0 Å². The van der Waals surface area contributed by atoms with E-state index in [-0.39, 0.29) is 0 Å². The van der Waals surface area contributed by atoms with E-state index in [1.807, 2.05) is 43.3 Å². The van der Waals surface area contributed by atoms with Crippen molar-refractivity contribution in [2.45, 2.75) is 33.6 Å². The van der Waals surface area contributed by atoms with Gasteiger partial charge in [-0.1, -0.05) is 44.2 Å². The summed E-state index contributed by atoms with van der Waals surface area (Å²) < 4.78 is 2.11. The number of aromatic nitrogens is 2. The molecule has 4 rings (SSSR count). The number of fused-ring (bicyclic) bond motifs is 3. The average molecular weight is 368 g/mol. The molecule has 0 aliphatic rings. The van der Waals surface area contributed by atoms with Crippen molar-refractivity contribution in [3.05, 3.63) is 71.3 Å². The Labute approximate surface area is 165 Å². The Hall–Kier alpha value is -3.32. The van der Waals surface area contributed by atoms with Crippen molar-refractivity contribution in [3.8, 4) is 6.07 Å². The Morgan fingerprint density at radius 3 is 2.50 bits per heavy atom. The minimum Gasteiger partial charge on any atom is -0.341 e. The van der Waals surface area contributed by atoms with Crippen LogP contribution < -0.4 is 5.32 Å². The first-order valence-electron chi connectivity index (χ1n) is 9.75. The fraction of sp³-hybridized carbons (Fsp3) is 0.250. The normalized spacial score (nSPS) is 11.2. The summed E-state index contributed by atoms with van der Waals surface area (Å²) in [4.78, 5) is 4.79. The maximum Gasteiger partial charge on any atom is 0.157 e. The van der Waals surface area contributed by atoms with Crippen molar-refractivity contribution in [2.24, 2.45) is 5.92 Å². The quantitative estimate of drug-likeness (QED) is 0.470. The van der Waals surface area contributed by atoms with E-state index in [2.05, 4.69) is 47.8 Å². The molecule has 0 aliphatic heterocycles. The molecule has 2 heterocycles. The van der Waals surface area contributed by atoms with Crippen LogP contribution in [0.15, 0.2) is 54.6 Å². The van der Waals surface area contributed by atoms with Crippen molar-refractivity contribution in [2.75, 3.05) is 5.32 Å². The molecule has 140 valence electrons. The second-order valence-electron chi connectivity index (χ2n) is 7.62. The lowest BCUT2D eigenvalue weighted by Crippen LogP contribution is -2.09. The number of benzene rings is 2. The fourth-order valence-electron chi connectivity index (χ4n) is 3.71. The Kier molecular flexibility index (Phi) is 4.75. The van der Waals surface area contributed by atoms with Crippen molar-refractivity contribution in [1.29, 1.82) is 5.26 Å². The predicted molar refractivity (Wildman–Crippen MR) is 115 cm³/mol. The zero-order valence-corrected chi connectivity index (χ0v) is 16.5. The number of hydrogen-bond donors (Lipinski definition) is 1. The summed E-state index contributed by atoms with van der Waals surface area (Å²) >= 11 is 0. The molecule has 0 atom stereocenters. The lowest BCUT2D eigenvalue weighted by Gasteiger charge is -2.19. The molecule has 0 amide bonds. The smallest absolute Gasteiger partial charge is 0.157 e. The van der Waals surface area contributed by atoms with Crippen LogP contribution in [0.4, 0.5) is 11.5 Å². The van der Waals surface area contributed by atoms with Gasteiger partial charge in [-0.3, -0.25) is 4.40 Å². The maximum atomic E-state index is 9.90. The molecule has 0 unspecified atom stereocenters. The van der Waals surface area contributed by atoms with Crippen molar-refractivity contribution in [3.63, 3.8) is 0 Å². The molecule has 4 heteroatoms. The van der Waals surface area contributed by atoms with E-state index in [0.29, 0.717) is 17.1 Å². The van der Waals surface area contributed by atoms with Crippen LogP contribution in [0.2, 0.25) is 0 Å². The van der Waals surface area contributed by atoms with E-state index < -0.39 is 0 Å². The second kappa shape index (κ2) is 7.36. The summed E-state index contributed by atoms with van der Waals surface area (Å²) in [7, 11) is 0. The van der Waals surface area contributed by atoms with Crippen LogP contribution in [0.1, 0.15) is 37.0 Å². The van der Waals surface area contributed by atoms with Crippen LogP contribution in [0, 0.1) is 24.2 Å². The van der Waals surface area contributed by atoms with E-state index >= 15 is 0 Å². The summed E-state index contributed by atoms with van der Waals surface area (Å²) in [5.41, 5.74) is 6.51. The van der Waals surface area contributed by atoms with Crippen LogP contribution in [0.25, 0.3) is 16.7 Å². The van der Waals surface area contributed by atoms with E-state index in [4.69, 9.17) is 4.98 Å². The third-order valence-corrected chi connectivity index (χ3v) is 5.24. The molecule has 0 saturated heterocycles. The largest absolute Gasteiger partial charge is 0.341 e. The van der Waals surface area contributed by atoms with Crippen LogP contribution in [0.3, 0.4) is 0 Å². The van der Waals surface area contributed by atoms with Crippen LogP contribution in [-0.2, 0) is 6.42 Å². The van der Waals surface area contributed by atoms with Gasteiger partial charge in [0.05, 0.1) is 16.6 Å². The number of imidazole rings is 1. The van der Waals surface area contributed by atoms with Crippen molar-refractivity contribution < 1.29 is 0 Å². The Balaban J connectivity index is 2.06. The molecule has 1 N–H and O–H groups in total. The lowest BCUT2D eigenvalue weighted by atomic mass is 9.96. The predicted octanol–water partition coefficient (Wildman–Crippen LogP) is 6.00. The van der Waals surface area contributed by atoms with Gasteiger partial charge in [-0.15, -0.1) is 0 Å². The molecule has 0 spiro atoms. The summed E-state index contributed by atoms with van der Waals surface area (Å²) in [5, 5.41) is 13.5. The second-order valence-corrected chi connectivity index (χ2v) is 7.62. The van der Waals surface area contributed by atoms with Gasteiger partial charge in [0.1, 0.15) is 11.9 Å². The van der Waals surface area contributed by atoms with E-state index in [1.54, 1.807) is 0 Å². The highest BCUT2D eigenvalue weighted by molar-refractivity contribution is 5.87. The molecular weight excluding hydrogens is 344 g/mol. The fourth-order valence-corrected chi connectivity index (χ4v) is 3.71. The molecule has 4 nitrogen and oxygen atoms in total. The Morgan fingerprint density at radius 2 is 1.79 bits per heavy atom. The number of anilines is 2. The van der Waals surface area contributed by atoms with Gasteiger partial charge < -0.3 is 5.32 Å². The third kappa shape index (κ3) is 3.10.